The zero-order chi connectivity index (χ0) is 22.5. The highest BCUT2D eigenvalue weighted by Gasteiger charge is 2.33. The fourth-order valence-electron chi connectivity index (χ4n) is 4.51. The molecule has 1 aromatic heterocycles. The number of nitrogens with one attached hydrogen (secondary N) is 1. The van der Waals surface area contributed by atoms with Crippen molar-refractivity contribution in [1.29, 1.82) is 0 Å². The van der Waals surface area contributed by atoms with Gasteiger partial charge in [-0.1, -0.05) is 36.4 Å². The Kier molecular flexibility index (Phi) is 6.90. The summed E-state index contributed by atoms with van der Waals surface area (Å²) in [4.78, 5) is 22.7. The summed E-state index contributed by atoms with van der Waals surface area (Å²) in [5, 5.41) is 0. The normalized spacial score (nSPS) is 15.5. The van der Waals surface area contributed by atoms with E-state index in [-0.39, 0.29) is 17.8 Å². The van der Waals surface area contributed by atoms with E-state index in [1.165, 1.54) is 0 Å². The first-order chi connectivity index (χ1) is 15.6. The first-order valence-corrected chi connectivity index (χ1v) is 11.4. The van der Waals surface area contributed by atoms with Crippen molar-refractivity contribution in [1.82, 2.24) is 14.8 Å². The van der Waals surface area contributed by atoms with Gasteiger partial charge in [0.2, 0.25) is 5.91 Å². The molecule has 1 amide bonds. The number of hydrogen-bond donors (Lipinski definition) is 1. The van der Waals surface area contributed by atoms with E-state index in [1.807, 2.05) is 79.5 Å². The lowest BCUT2D eigenvalue weighted by Gasteiger charge is -2.41. The largest absolute Gasteiger partial charge is 0.367 e. The third-order valence-corrected chi connectivity index (χ3v) is 6.30. The molecule has 0 spiro atoms. The lowest BCUT2D eigenvalue weighted by molar-refractivity contribution is -0.137. The van der Waals surface area contributed by atoms with Crippen LogP contribution in [0.15, 0.2) is 66.9 Å². The number of carbonyl (C=O) groups excluding carboxylic acids is 1. The molecule has 3 aromatic rings. The molecule has 2 heterocycles. The minimum atomic E-state index is -0.307. The average Bonchev–Trinajstić information content (AvgIpc) is 3.36. The van der Waals surface area contributed by atoms with Gasteiger partial charge in [-0.05, 0) is 43.7 Å². The number of hydrogen-bond acceptors (Lipinski definition) is 3. The van der Waals surface area contributed by atoms with Crippen LogP contribution in [0.2, 0.25) is 0 Å². The molecule has 1 fully saturated rings. The zero-order valence-electron chi connectivity index (χ0n) is 18.8. The highest BCUT2D eigenvalue weighted by Crippen LogP contribution is 2.29. The van der Waals surface area contributed by atoms with Crippen molar-refractivity contribution in [2.75, 3.05) is 44.2 Å². The van der Waals surface area contributed by atoms with Crippen LogP contribution in [0.1, 0.15) is 25.5 Å². The predicted molar refractivity (Wildman–Crippen MR) is 127 cm³/mol. The number of aromatic nitrogens is 1. The molecule has 1 aliphatic heterocycles. The smallest absolute Gasteiger partial charge is 0.244 e. The van der Waals surface area contributed by atoms with E-state index in [0.717, 1.165) is 16.8 Å². The Balaban J connectivity index is 1.50. The maximum Gasteiger partial charge on any atom is 0.244 e. The first-order valence-electron chi connectivity index (χ1n) is 11.4. The molecule has 32 heavy (non-hydrogen) atoms. The van der Waals surface area contributed by atoms with E-state index in [9.17, 15) is 9.18 Å². The van der Waals surface area contributed by atoms with Crippen molar-refractivity contribution in [2.45, 2.75) is 19.9 Å². The summed E-state index contributed by atoms with van der Waals surface area (Å²) in [5.41, 5.74) is 3.37. The van der Waals surface area contributed by atoms with Gasteiger partial charge < -0.3 is 14.8 Å². The Hall–Kier alpha value is -3.12. The Morgan fingerprint density at radius 1 is 1.00 bits per heavy atom. The highest BCUT2D eigenvalue weighted by atomic mass is 19.1. The molecule has 0 bridgehead atoms. The van der Waals surface area contributed by atoms with E-state index in [1.54, 1.807) is 6.07 Å². The summed E-state index contributed by atoms with van der Waals surface area (Å²) in [7, 11) is 0. The number of carbonyl (C=O) groups is 1. The van der Waals surface area contributed by atoms with Gasteiger partial charge >= 0.3 is 0 Å². The van der Waals surface area contributed by atoms with Gasteiger partial charge in [-0.15, -0.1) is 0 Å². The molecule has 6 heteroatoms. The number of H-pyrrole nitrogens is 1. The second-order valence-electron chi connectivity index (χ2n) is 8.10. The number of aromatic amines is 1. The number of amides is 1. The standard InChI is InChI=1S/C26H31FN4O/c1-3-29(4-2)26(32)25(20-9-6-5-7-10-20)31-17-15-30(16-18-31)24-13-12-21(19-22(24)27)23-11-8-14-28-23/h5-14,19,25,28H,3-4,15-18H2,1-2H3. The van der Waals surface area contributed by atoms with Crippen molar-refractivity contribution in [3.05, 3.63) is 78.2 Å². The summed E-state index contributed by atoms with van der Waals surface area (Å²) in [6, 6.07) is 18.9. The maximum absolute atomic E-state index is 14.9. The van der Waals surface area contributed by atoms with E-state index < -0.39 is 0 Å². The zero-order valence-corrected chi connectivity index (χ0v) is 18.8. The van der Waals surface area contributed by atoms with E-state index >= 15 is 0 Å². The summed E-state index contributed by atoms with van der Waals surface area (Å²) < 4.78 is 14.9. The van der Waals surface area contributed by atoms with Gasteiger partial charge in [0.25, 0.3) is 0 Å². The first kappa shape index (κ1) is 22.1. The van der Waals surface area contributed by atoms with Gasteiger partial charge in [-0.25, -0.2) is 4.39 Å². The average molecular weight is 435 g/mol. The van der Waals surface area contributed by atoms with Crippen LogP contribution in [-0.4, -0.2) is 60.0 Å². The molecular weight excluding hydrogens is 403 g/mol. The molecule has 1 N–H and O–H groups in total. The SMILES string of the molecule is CCN(CC)C(=O)C(c1ccccc1)N1CCN(c2ccc(-c3ccc[nH]3)cc2F)CC1. The van der Waals surface area contributed by atoms with Gasteiger partial charge in [0.05, 0.1) is 5.69 Å². The minimum Gasteiger partial charge on any atom is -0.367 e. The molecule has 0 saturated carbocycles. The topological polar surface area (TPSA) is 42.6 Å². The van der Waals surface area contributed by atoms with Crippen LogP contribution in [0.3, 0.4) is 0 Å². The molecule has 2 aromatic carbocycles. The lowest BCUT2D eigenvalue weighted by Crippen LogP contribution is -2.51. The second-order valence-corrected chi connectivity index (χ2v) is 8.10. The summed E-state index contributed by atoms with van der Waals surface area (Å²) >= 11 is 0. The monoisotopic (exact) mass is 434 g/mol. The molecule has 168 valence electrons. The molecule has 1 unspecified atom stereocenters. The van der Waals surface area contributed by atoms with Gasteiger partial charge in [0.15, 0.2) is 0 Å². The molecule has 0 radical (unpaired) electrons. The van der Waals surface area contributed by atoms with E-state index in [4.69, 9.17) is 0 Å². The van der Waals surface area contributed by atoms with Crippen LogP contribution in [-0.2, 0) is 4.79 Å². The maximum atomic E-state index is 14.9. The number of rotatable bonds is 7. The van der Waals surface area contributed by atoms with Crippen molar-refractivity contribution in [3.8, 4) is 11.3 Å². The second kappa shape index (κ2) is 10.0. The molecule has 1 saturated heterocycles. The highest BCUT2D eigenvalue weighted by molar-refractivity contribution is 5.83. The van der Waals surface area contributed by atoms with Crippen molar-refractivity contribution < 1.29 is 9.18 Å². The number of benzene rings is 2. The summed E-state index contributed by atoms with van der Waals surface area (Å²) in [5.74, 6) is -0.0829. The van der Waals surface area contributed by atoms with Crippen molar-refractivity contribution in [2.24, 2.45) is 0 Å². The van der Waals surface area contributed by atoms with Crippen LogP contribution >= 0.6 is 0 Å². The number of piperazine rings is 1. The van der Waals surface area contributed by atoms with Gasteiger partial charge in [0.1, 0.15) is 11.9 Å². The molecule has 1 aliphatic rings. The molecule has 4 rings (SSSR count). The predicted octanol–water partition coefficient (Wildman–Crippen LogP) is 4.55. The van der Waals surface area contributed by atoms with Crippen molar-refractivity contribution in [3.63, 3.8) is 0 Å². The Bertz CT molecular complexity index is 1010. The number of nitrogens with zero attached hydrogens (tertiary/aromatic N) is 3. The Morgan fingerprint density at radius 3 is 2.31 bits per heavy atom. The van der Waals surface area contributed by atoms with Gasteiger partial charge in [-0.3, -0.25) is 9.69 Å². The third kappa shape index (κ3) is 4.55. The summed E-state index contributed by atoms with van der Waals surface area (Å²) in [6.45, 7) is 8.16. The van der Waals surface area contributed by atoms with Crippen LogP contribution in [0.5, 0.6) is 0 Å². The van der Waals surface area contributed by atoms with Crippen LogP contribution in [0.4, 0.5) is 10.1 Å². The molecule has 0 aliphatic carbocycles. The minimum absolute atomic E-state index is 0.135. The number of halogens is 1. The van der Waals surface area contributed by atoms with Gasteiger partial charge in [0, 0.05) is 56.7 Å². The van der Waals surface area contributed by atoms with Crippen LogP contribution in [0.25, 0.3) is 11.3 Å². The van der Waals surface area contributed by atoms with Gasteiger partial charge in [-0.2, -0.15) is 0 Å². The third-order valence-electron chi connectivity index (χ3n) is 6.30. The molecule has 1 atom stereocenters. The summed E-state index contributed by atoms with van der Waals surface area (Å²) in [6.07, 6.45) is 1.84. The van der Waals surface area contributed by atoms with Crippen LogP contribution < -0.4 is 4.90 Å². The number of likely N-dealkylation sites (N-methyl/N-ethyl adjacent to an activating group) is 1. The van der Waals surface area contributed by atoms with E-state index in [2.05, 4.69) is 14.8 Å². The molecule has 5 nitrogen and oxygen atoms in total. The van der Waals surface area contributed by atoms with Crippen molar-refractivity contribution >= 4 is 11.6 Å². The fourth-order valence-corrected chi connectivity index (χ4v) is 4.51. The lowest BCUT2D eigenvalue weighted by atomic mass is 10.0. The Morgan fingerprint density at radius 2 is 1.72 bits per heavy atom. The fraction of sp³-hybridized carbons (Fsp3) is 0.346. The van der Waals surface area contributed by atoms with Crippen LogP contribution in [0, 0.1) is 5.82 Å². The Labute approximate surface area is 189 Å². The molecular formula is C26H31FN4O. The van der Waals surface area contributed by atoms with E-state index in [0.29, 0.717) is 45.0 Å². The number of anilines is 1. The quantitative estimate of drug-likeness (QED) is 0.593.